The second kappa shape index (κ2) is 5.75. The van der Waals surface area contributed by atoms with Gasteiger partial charge in [0.15, 0.2) is 0 Å². The van der Waals surface area contributed by atoms with Crippen molar-refractivity contribution >= 4 is 17.5 Å². The van der Waals surface area contributed by atoms with Crippen LogP contribution in [0.15, 0.2) is 18.2 Å². The van der Waals surface area contributed by atoms with Crippen molar-refractivity contribution in [3.8, 4) is 0 Å². The first-order valence-corrected chi connectivity index (χ1v) is 7.24. The Morgan fingerprint density at radius 2 is 1.75 bits per heavy atom. The Balaban J connectivity index is 2.20. The van der Waals surface area contributed by atoms with Gasteiger partial charge < -0.3 is 0 Å². The number of carbonyl (C=O) groups excluding carboxylic acids is 2. The molecule has 0 spiro atoms. The highest BCUT2D eigenvalue weighted by Crippen LogP contribution is 2.23. The van der Waals surface area contributed by atoms with Gasteiger partial charge in [-0.2, -0.15) is 0 Å². The van der Waals surface area contributed by atoms with Gasteiger partial charge in [-0.1, -0.05) is 18.2 Å². The number of likely N-dealkylation sites (tertiary alicyclic amines) is 1. The Morgan fingerprint density at radius 3 is 2.25 bits per heavy atom. The highest BCUT2D eigenvalue weighted by Gasteiger charge is 2.39. The van der Waals surface area contributed by atoms with E-state index in [2.05, 4.69) is 5.32 Å². The largest absolute Gasteiger partial charge is 0.421 e. The first-order valence-electron chi connectivity index (χ1n) is 7.24. The summed E-state index contributed by atoms with van der Waals surface area (Å²) in [6.45, 7) is 7.97. The number of ketones is 1. The molecule has 20 heavy (non-hydrogen) atoms. The van der Waals surface area contributed by atoms with Crippen molar-refractivity contribution in [3.05, 3.63) is 29.3 Å². The third-order valence-corrected chi connectivity index (χ3v) is 4.39. The van der Waals surface area contributed by atoms with Crippen molar-refractivity contribution in [2.75, 3.05) is 25.0 Å². The molecule has 1 N–H and O–H groups in total. The molecule has 1 aromatic rings. The predicted octanol–water partition coefficient (Wildman–Crippen LogP) is 3.03. The Labute approximate surface area is 120 Å². The second-order valence-electron chi connectivity index (χ2n) is 5.64. The zero-order valence-electron chi connectivity index (χ0n) is 12.5. The fourth-order valence-electron chi connectivity index (χ4n) is 2.81. The van der Waals surface area contributed by atoms with E-state index in [1.165, 1.54) is 0 Å². The summed E-state index contributed by atoms with van der Waals surface area (Å²) in [6, 6.07) is 6.00. The van der Waals surface area contributed by atoms with Gasteiger partial charge >= 0.3 is 6.03 Å². The van der Waals surface area contributed by atoms with Crippen LogP contribution in [0, 0.1) is 13.8 Å². The van der Waals surface area contributed by atoms with E-state index < -0.39 is 0 Å². The van der Waals surface area contributed by atoms with Gasteiger partial charge in [0.25, 0.3) is 0 Å². The van der Waals surface area contributed by atoms with Crippen LogP contribution in [0.3, 0.4) is 0 Å². The number of amides is 2. The number of hydrogen-bond donors (Lipinski definition) is 1. The van der Waals surface area contributed by atoms with Crippen LogP contribution in [0.25, 0.3) is 0 Å². The number of Topliss-reactive ketones (excluding diaryl/α,β-unsaturated/α-hetero) is 1. The Kier molecular flexibility index (Phi) is 4.23. The van der Waals surface area contributed by atoms with Crippen molar-refractivity contribution in [1.29, 1.82) is 0 Å². The van der Waals surface area contributed by atoms with E-state index in [4.69, 9.17) is 0 Å². The molecule has 1 heterocycles. The molecular formula is C16H23N2O2+. The fourth-order valence-corrected chi connectivity index (χ4v) is 2.81. The van der Waals surface area contributed by atoms with Gasteiger partial charge in [0.05, 0.1) is 38.2 Å². The summed E-state index contributed by atoms with van der Waals surface area (Å²) in [5.41, 5.74) is 3.04. The van der Waals surface area contributed by atoms with Crippen molar-refractivity contribution in [1.82, 2.24) is 0 Å². The number of nitrogens with one attached hydrogen (secondary N) is 1. The maximum absolute atomic E-state index is 12.7. The number of aryl methyl sites for hydroxylation is 2. The molecule has 0 radical (unpaired) electrons. The average molecular weight is 275 g/mol. The first kappa shape index (κ1) is 14.7. The van der Waals surface area contributed by atoms with Crippen LogP contribution in [-0.2, 0) is 4.79 Å². The normalized spacial score (nSPS) is 17.9. The molecule has 0 bridgehead atoms. The van der Waals surface area contributed by atoms with Gasteiger partial charge in [-0.05, 0) is 31.9 Å². The molecule has 0 aliphatic carbocycles. The van der Waals surface area contributed by atoms with Gasteiger partial charge in [0, 0.05) is 0 Å². The number of nitrogens with zero attached hydrogens (tertiary/aromatic N) is 1. The van der Waals surface area contributed by atoms with Crippen molar-refractivity contribution < 1.29 is 14.1 Å². The van der Waals surface area contributed by atoms with Crippen LogP contribution in [-0.4, -0.2) is 35.9 Å². The average Bonchev–Trinajstić information content (AvgIpc) is 2.44. The summed E-state index contributed by atoms with van der Waals surface area (Å²) >= 11 is 0. The van der Waals surface area contributed by atoms with Crippen molar-refractivity contribution in [3.63, 3.8) is 0 Å². The molecule has 1 saturated heterocycles. The maximum Gasteiger partial charge on any atom is 0.421 e. The molecule has 2 rings (SSSR count). The smallest absolute Gasteiger partial charge is 0.299 e. The van der Waals surface area contributed by atoms with Crippen LogP contribution in [0.5, 0.6) is 0 Å². The number of rotatable bonds is 2. The summed E-state index contributed by atoms with van der Waals surface area (Å²) in [4.78, 5) is 24.1. The molecule has 1 aliphatic heterocycles. The third-order valence-electron chi connectivity index (χ3n) is 4.39. The Bertz CT molecular complexity index is 507. The molecule has 108 valence electrons. The van der Waals surface area contributed by atoms with Gasteiger partial charge in [-0.15, -0.1) is 0 Å². The number of anilines is 1. The number of para-hydroxylation sites is 1. The van der Waals surface area contributed by atoms with Crippen molar-refractivity contribution in [2.45, 2.75) is 33.6 Å². The lowest BCUT2D eigenvalue weighted by molar-refractivity contribution is -0.847. The number of urea groups is 1. The highest BCUT2D eigenvalue weighted by molar-refractivity contribution is 5.87. The molecule has 4 nitrogen and oxygen atoms in total. The minimum absolute atomic E-state index is 0.0115. The van der Waals surface area contributed by atoms with Gasteiger partial charge in [-0.3, -0.25) is 10.1 Å². The van der Waals surface area contributed by atoms with E-state index in [-0.39, 0.29) is 11.8 Å². The zero-order valence-corrected chi connectivity index (χ0v) is 12.5. The van der Waals surface area contributed by atoms with Crippen LogP contribution in [0.1, 0.15) is 30.9 Å². The molecule has 0 atom stereocenters. The molecule has 4 heteroatoms. The fraction of sp³-hybridized carbons (Fsp3) is 0.500. The van der Waals surface area contributed by atoms with Crippen LogP contribution >= 0.6 is 0 Å². The first-order chi connectivity index (χ1) is 9.48. The number of quaternary nitrogens is 1. The summed E-state index contributed by atoms with van der Waals surface area (Å²) in [5.74, 6) is 0.270. The van der Waals surface area contributed by atoms with Crippen LogP contribution < -0.4 is 5.32 Å². The number of carbonyl (C=O) groups is 2. The number of benzene rings is 1. The molecule has 0 unspecified atom stereocenters. The predicted molar refractivity (Wildman–Crippen MR) is 79.7 cm³/mol. The summed E-state index contributed by atoms with van der Waals surface area (Å²) < 4.78 is 0.361. The van der Waals surface area contributed by atoms with Gasteiger partial charge in [-0.25, -0.2) is 9.28 Å². The van der Waals surface area contributed by atoms with E-state index in [1.807, 2.05) is 39.0 Å². The SMILES string of the molecule is CC[N+]1(C(=O)Nc2c(C)cccc2C)CCC(=O)CC1. The van der Waals surface area contributed by atoms with Crippen LogP contribution in [0.2, 0.25) is 0 Å². The number of hydrogen-bond acceptors (Lipinski definition) is 2. The van der Waals surface area contributed by atoms with E-state index in [1.54, 1.807) is 0 Å². The molecule has 1 aliphatic rings. The van der Waals surface area contributed by atoms with E-state index in [9.17, 15) is 9.59 Å². The molecule has 2 amide bonds. The van der Waals surface area contributed by atoms with Crippen molar-refractivity contribution in [2.24, 2.45) is 0 Å². The van der Waals surface area contributed by atoms with Gasteiger partial charge in [0.2, 0.25) is 0 Å². The molecule has 0 saturated carbocycles. The Hall–Kier alpha value is -1.68. The number of piperidine rings is 1. The third kappa shape index (κ3) is 2.75. The summed E-state index contributed by atoms with van der Waals surface area (Å²) in [5, 5.41) is 3.08. The summed E-state index contributed by atoms with van der Waals surface area (Å²) in [6.07, 6.45) is 1.02. The highest BCUT2D eigenvalue weighted by atomic mass is 16.2. The molecular weight excluding hydrogens is 252 g/mol. The minimum Gasteiger partial charge on any atom is -0.299 e. The Morgan fingerprint density at radius 1 is 1.20 bits per heavy atom. The summed E-state index contributed by atoms with van der Waals surface area (Å²) in [7, 11) is 0. The van der Waals surface area contributed by atoms with E-state index in [0.29, 0.717) is 30.4 Å². The lowest BCUT2D eigenvalue weighted by Crippen LogP contribution is -2.58. The van der Waals surface area contributed by atoms with Crippen LogP contribution in [0.4, 0.5) is 10.5 Å². The maximum atomic E-state index is 12.7. The quantitative estimate of drug-likeness (QED) is 0.843. The zero-order chi connectivity index (χ0) is 14.8. The minimum atomic E-state index is 0.0115. The van der Waals surface area contributed by atoms with E-state index in [0.717, 1.165) is 23.4 Å². The van der Waals surface area contributed by atoms with E-state index >= 15 is 0 Å². The van der Waals surface area contributed by atoms with Gasteiger partial charge in [0.1, 0.15) is 5.78 Å². The lowest BCUT2D eigenvalue weighted by atomic mass is 10.1. The standard InChI is InChI=1S/C16H22N2O2/c1-4-18(10-8-14(19)9-11-18)16(20)17-15-12(2)6-5-7-13(15)3/h5-7H,4,8-11H2,1-3H3/p+1. The molecule has 0 aromatic heterocycles. The lowest BCUT2D eigenvalue weighted by Gasteiger charge is -2.37. The topological polar surface area (TPSA) is 46.2 Å². The monoisotopic (exact) mass is 275 g/mol. The molecule has 1 aromatic carbocycles. The second-order valence-corrected chi connectivity index (χ2v) is 5.64. The molecule has 1 fully saturated rings.